The maximum Gasteiger partial charge on any atom is 0.419 e. The van der Waals surface area contributed by atoms with Crippen LogP contribution < -0.4 is 11.1 Å². The molecule has 2 aromatic heterocycles. The zero-order valence-electron chi connectivity index (χ0n) is 14.7. The van der Waals surface area contributed by atoms with Gasteiger partial charge in [-0.25, -0.2) is 9.78 Å². The first-order valence-corrected chi connectivity index (χ1v) is 9.85. The fourth-order valence-corrected chi connectivity index (χ4v) is 3.99. The van der Waals surface area contributed by atoms with E-state index in [9.17, 15) is 9.59 Å². The second-order valence-electron chi connectivity index (χ2n) is 6.22. The molecule has 1 N–H and O–H groups in total. The highest BCUT2D eigenvalue weighted by molar-refractivity contribution is 7.15. The number of carbonyl (C=O) groups excluding carboxylic acids is 1. The summed E-state index contributed by atoms with van der Waals surface area (Å²) in [4.78, 5) is 29.5. The van der Waals surface area contributed by atoms with Crippen LogP contribution in [0.5, 0.6) is 0 Å². The minimum absolute atomic E-state index is 0.145. The number of carbonyl (C=O) groups is 1. The number of amides is 1. The van der Waals surface area contributed by atoms with Crippen molar-refractivity contribution >= 4 is 45.1 Å². The van der Waals surface area contributed by atoms with Gasteiger partial charge in [-0.2, -0.15) is 0 Å². The molecule has 1 amide bonds. The summed E-state index contributed by atoms with van der Waals surface area (Å²) in [5.74, 6) is -0.673. The molecule has 0 fully saturated rings. The normalized spacial score (nSPS) is 11.0. The van der Waals surface area contributed by atoms with Crippen molar-refractivity contribution < 1.29 is 9.21 Å². The summed E-state index contributed by atoms with van der Waals surface area (Å²) in [6.07, 6.45) is 2.59. The lowest BCUT2D eigenvalue weighted by molar-refractivity contribution is -0.116. The Morgan fingerprint density at radius 1 is 1.21 bits per heavy atom. The number of nitrogens with one attached hydrogen (secondary N) is 1. The first kappa shape index (κ1) is 18.5. The molecule has 0 aliphatic carbocycles. The number of benzene rings is 2. The fraction of sp³-hybridized carbons (Fsp3) is 0.150. The number of anilines is 1. The number of para-hydroxylation sites is 2. The van der Waals surface area contributed by atoms with Crippen molar-refractivity contribution in [2.24, 2.45) is 0 Å². The van der Waals surface area contributed by atoms with Crippen LogP contribution in [0.2, 0.25) is 5.02 Å². The minimum Gasteiger partial charge on any atom is -0.408 e. The molecule has 28 heavy (non-hydrogen) atoms. The van der Waals surface area contributed by atoms with Gasteiger partial charge in [0.15, 0.2) is 10.7 Å². The van der Waals surface area contributed by atoms with E-state index in [1.165, 1.54) is 15.9 Å². The number of aryl methyl sites for hydroxylation is 1. The third kappa shape index (κ3) is 4.16. The van der Waals surface area contributed by atoms with Crippen LogP contribution in [0.1, 0.15) is 16.9 Å². The predicted octanol–water partition coefficient (Wildman–Crippen LogP) is 4.32. The molecular formula is C20H16ClN3O3S. The Morgan fingerprint density at radius 3 is 2.93 bits per heavy atom. The number of fused-ring (bicyclic) bond motifs is 1. The molecule has 0 spiro atoms. The lowest BCUT2D eigenvalue weighted by Crippen LogP contribution is -2.19. The molecule has 0 unspecified atom stereocenters. The molecule has 0 saturated heterocycles. The van der Waals surface area contributed by atoms with Crippen LogP contribution in [-0.2, 0) is 17.8 Å². The molecule has 6 nitrogen and oxygen atoms in total. The quantitative estimate of drug-likeness (QED) is 0.510. The van der Waals surface area contributed by atoms with Gasteiger partial charge in [0.1, 0.15) is 0 Å². The Bertz CT molecular complexity index is 1190. The van der Waals surface area contributed by atoms with Crippen LogP contribution >= 0.6 is 22.9 Å². The summed E-state index contributed by atoms with van der Waals surface area (Å²) in [6, 6.07) is 14.8. The molecule has 142 valence electrons. The van der Waals surface area contributed by atoms with Gasteiger partial charge < -0.3 is 9.73 Å². The largest absolute Gasteiger partial charge is 0.419 e. The molecule has 4 aromatic rings. The second-order valence-corrected chi connectivity index (χ2v) is 7.78. The summed E-state index contributed by atoms with van der Waals surface area (Å²) in [5.41, 5.74) is 2.28. The number of hydrogen-bond donors (Lipinski definition) is 1. The Morgan fingerprint density at radius 2 is 2.07 bits per heavy atom. The highest BCUT2D eigenvalue weighted by Gasteiger charge is 2.12. The Kier molecular flexibility index (Phi) is 5.27. The van der Waals surface area contributed by atoms with Gasteiger partial charge >= 0.3 is 5.76 Å². The van der Waals surface area contributed by atoms with Gasteiger partial charge in [0, 0.05) is 35.5 Å². The third-order valence-corrected chi connectivity index (χ3v) is 5.35. The molecule has 8 heteroatoms. The van der Waals surface area contributed by atoms with Crippen LogP contribution in [0, 0.1) is 0 Å². The Hall–Kier alpha value is -2.90. The number of rotatable bonds is 6. The van der Waals surface area contributed by atoms with E-state index < -0.39 is 5.76 Å². The van der Waals surface area contributed by atoms with Crippen molar-refractivity contribution in [2.45, 2.75) is 19.4 Å². The number of hydrogen-bond acceptors (Lipinski definition) is 5. The lowest BCUT2D eigenvalue weighted by atomic mass is 10.1. The average molecular weight is 414 g/mol. The van der Waals surface area contributed by atoms with Crippen molar-refractivity contribution in [3.63, 3.8) is 0 Å². The van der Waals surface area contributed by atoms with Crippen molar-refractivity contribution in [1.29, 1.82) is 0 Å². The summed E-state index contributed by atoms with van der Waals surface area (Å²) in [6.45, 7) is 0.239. The van der Waals surface area contributed by atoms with Crippen LogP contribution in [0.4, 0.5) is 5.13 Å². The zero-order chi connectivity index (χ0) is 19.5. The van der Waals surface area contributed by atoms with E-state index in [1.54, 1.807) is 24.4 Å². The first-order chi connectivity index (χ1) is 13.6. The molecule has 0 radical (unpaired) electrons. The van der Waals surface area contributed by atoms with Gasteiger partial charge in [0.2, 0.25) is 5.91 Å². The first-order valence-electron chi connectivity index (χ1n) is 8.66. The van der Waals surface area contributed by atoms with Gasteiger partial charge in [0.05, 0.1) is 5.52 Å². The average Bonchev–Trinajstić information content (AvgIpc) is 3.23. The Balaban J connectivity index is 1.37. The lowest BCUT2D eigenvalue weighted by Gasteiger charge is -2.03. The monoisotopic (exact) mass is 413 g/mol. The standard InChI is InChI=1S/C20H16ClN3O3S/c21-14-5-3-4-13(10-14)11-15-12-22-19(28-15)23-18(25)8-9-24-16-6-1-2-7-17(16)27-20(24)26/h1-7,10,12H,8-9,11H2,(H,22,23,25). The second kappa shape index (κ2) is 8.00. The van der Waals surface area contributed by atoms with E-state index in [-0.39, 0.29) is 18.9 Å². The number of aromatic nitrogens is 2. The van der Waals surface area contributed by atoms with Crippen LogP contribution in [0.3, 0.4) is 0 Å². The number of thiazole rings is 1. The topological polar surface area (TPSA) is 77.1 Å². The maximum absolute atomic E-state index is 12.3. The van der Waals surface area contributed by atoms with Crippen molar-refractivity contribution in [2.75, 3.05) is 5.32 Å². The molecule has 4 rings (SSSR count). The van der Waals surface area contributed by atoms with Crippen molar-refractivity contribution in [3.05, 3.63) is 80.7 Å². The van der Waals surface area contributed by atoms with Crippen molar-refractivity contribution in [3.8, 4) is 0 Å². The molecular weight excluding hydrogens is 398 g/mol. The van der Waals surface area contributed by atoms with E-state index in [2.05, 4.69) is 10.3 Å². The number of oxazole rings is 1. The van der Waals surface area contributed by atoms with Gasteiger partial charge in [-0.15, -0.1) is 11.3 Å². The highest BCUT2D eigenvalue weighted by Crippen LogP contribution is 2.22. The fourth-order valence-electron chi connectivity index (χ4n) is 2.92. The van der Waals surface area contributed by atoms with E-state index in [0.29, 0.717) is 27.7 Å². The SMILES string of the molecule is O=C(CCn1c(=O)oc2ccccc21)Nc1ncc(Cc2cccc(Cl)c2)s1. The van der Waals surface area contributed by atoms with Gasteiger partial charge in [0.25, 0.3) is 0 Å². The molecule has 2 heterocycles. The summed E-state index contributed by atoms with van der Waals surface area (Å²) in [7, 11) is 0. The molecule has 0 aliphatic rings. The van der Waals surface area contributed by atoms with Gasteiger partial charge in [-0.3, -0.25) is 9.36 Å². The molecule has 0 saturated carbocycles. The Labute approximate surface area is 169 Å². The van der Waals surface area contributed by atoms with Crippen LogP contribution in [0.25, 0.3) is 11.1 Å². The molecule has 0 atom stereocenters. The van der Waals surface area contributed by atoms with Crippen LogP contribution in [0.15, 0.2) is 63.9 Å². The zero-order valence-corrected chi connectivity index (χ0v) is 16.3. The smallest absolute Gasteiger partial charge is 0.408 e. The number of halogens is 1. The summed E-state index contributed by atoms with van der Waals surface area (Å²) in [5, 5.41) is 4.01. The summed E-state index contributed by atoms with van der Waals surface area (Å²) < 4.78 is 6.63. The minimum atomic E-state index is -0.466. The van der Waals surface area contributed by atoms with E-state index in [1.807, 2.05) is 30.3 Å². The van der Waals surface area contributed by atoms with Gasteiger partial charge in [-0.05, 0) is 29.8 Å². The third-order valence-electron chi connectivity index (χ3n) is 4.20. The maximum atomic E-state index is 12.3. The number of nitrogens with zero attached hydrogens (tertiary/aromatic N) is 2. The molecule has 0 aliphatic heterocycles. The summed E-state index contributed by atoms with van der Waals surface area (Å²) >= 11 is 7.43. The van der Waals surface area contributed by atoms with E-state index in [0.717, 1.165) is 10.4 Å². The predicted molar refractivity (Wildman–Crippen MR) is 110 cm³/mol. The molecule has 2 aromatic carbocycles. The van der Waals surface area contributed by atoms with E-state index >= 15 is 0 Å². The van der Waals surface area contributed by atoms with Gasteiger partial charge in [-0.1, -0.05) is 35.9 Å². The van der Waals surface area contributed by atoms with E-state index in [4.69, 9.17) is 16.0 Å². The van der Waals surface area contributed by atoms with Crippen LogP contribution in [-0.4, -0.2) is 15.5 Å². The van der Waals surface area contributed by atoms with Crippen molar-refractivity contribution in [1.82, 2.24) is 9.55 Å². The highest BCUT2D eigenvalue weighted by atomic mass is 35.5. The molecule has 0 bridgehead atoms.